The highest BCUT2D eigenvalue weighted by Crippen LogP contribution is 2.34. The summed E-state index contributed by atoms with van der Waals surface area (Å²) >= 11 is 17.9. The third-order valence-electron chi connectivity index (χ3n) is 2.59. The fourth-order valence-corrected chi connectivity index (χ4v) is 2.26. The Morgan fingerprint density at radius 2 is 1.78 bits per heavy atom. The Hall–Kier alpha value is -0.150. The van der Waals surface area contributed by atoms with Crippen LogP contribution in [0.5, 0.6) is 5.75 Å². The van der Waals surface area contributed by atoms with Gasteiger partial charge in [0.25, 0.3) is 0 Å². The lowest BCUT2D eigenvalue weighted by Gasteiger charge is -2.19. The Labute approximate surface area is 124 Å². The minimum atomic E-state index is 0.163. The van der Waals surface area contributed by atoms with Gasteiger partial charge in [0, 0.05) is 12.1 Å². The number of rotatable bonds is 7. The van der Waals surface area contributed by atoms with E-state index in [1.807, 2.05) is 7.05 Å². The normalized spacial score (nSPS) is 12.5. The second-order valence-electron chi connectivity index (χ2n) is 4.12. The molecule has 0 fully saturated rings. The Morgan fingerprint density at radius 3 is 2.28 bits per heavy atom. The van der Waals surface area contributed by atoms with Crippen molar-refractivity contribution in [1.29, 1.82) is 0 Å². The molecule has 5 heteroatoms. The summed E-state index contributed by atoms with van der Waals surface area (Å²) in [5, 5.41) is 4.33. The van der Waals surface area contributed by atoms with Gasteiger partial charge in [-0.15, -0.1) is 0 Å². The van der Waals surface area contributed by atoms with Crippen molar-refractivity contribution in [1.82, 2.24) is 5.32 Å². The van der Waals surface area contributed by atoms with Crippen molar-refractivity contribution in [3.05, 3.63) is 27.2 Å². The molecule has 1 N–H and O–H groups in total. The van der Waals surface area contributed by atoms with Crippen LogP contribution in [0.15, 0.2) is 12.1 Å². The molecule has 0 saturated carbocycles. The zero-order valence-corrected chi connectivity index (χ0v) is 12.9. The first kappa shape index (κ1) is 15.9. The number of nitrogens with one attached hydrogen (secondary N) is 1. The third kappa shape index (κ3) is 4.85. The maximum absolute atomic E-state index is 5.98. The first-order chi connectivity index (χ1) is 8.58. The van der Waals surface area contributed by atoms with Crippen molar-refractivity contribution >= 4 is 34.8 Å². The van der Waals surface area contributed by atoms with Gasteiger partial charge in [0.05, 0.1) is 21.2 Å². The number of halogens is 3. The summed E-state index contributed by atoms with van der Waals surface area (Å²) < 4.78 is 5.91. The highest BCUT2D eigenvalue weighted by molar-refractivity contribution is 6.48. The van der Waals surface area contributed by atoms with Crippen LogP contribution in [0.25, 0.3) is 0 Å². The van der Waals surface area contributed by atoms with Crippen molar-refractivity contribution < 1.29 is 4.74 Å². The highest BCUT2D eigenvalue weighted by atomic mass is 35.5. The van der Waals surface area contributed by atoms with Gasteiger partial charge in [0.2, 0.25) is 0 Å². The predicted octanol–water partition coefficient (Wildman–Crippen LogP) is 4.80. The van der Waals surface area contributed by atoms with Gasteiger partial charge in [0.15, 0.2) is 0 Å². The van der Waals surface area contributed by atoms with Crippen molar-refractivity contribution in [3.63, 3.8) is 0 Å². The lowest BCUT2D eigenvalue weighted by Crippen LogP contribution is -2.22. The second-order valence-corrected chi connectivity index (χ2v) is 5.31. The molecule has 1 atom stereocenters. The van der Waals surface area contributed by atoms with E-state index in [-0.39, 0.29) is 6.10 Å². The smallest absolute Gasteiger partial charge is 0.122 e. The Kier molecular flexibility index (Phi) is 7.16. The lowest BCUT2D eigenvalue weighted by molar-refractivity contribution is 0.180. The van der Waals surface area contributed by atoms with Crippen molar-refractivity contribution in [2.24, 2.45) is 0 Å². The number of hydrogen-bond donors (Lipinski definition) is 1. The molecular formula is C13H18Cl3NO. The molecular weight excluding hydrogens is 293 g/mol. The Bertz CT molecular complexity index is 361. The minimum Gasteiger partial charge on any atom is -0.490 e. The summed E-state index contributed by atoms with van der Waals surface area (Å²) in [6.07, 6.45) is 3.18. The molecule has 0 spiro atoms. The van der Waals surface area contributed by atoms with Crippen LogP contribution in [0.4, 0.5) is 0 Å². The first-order valence-corrected chi connectivity index (χ1v) is 7.17. The molecule has 0 heterocycles. The molecule has 0 saturated heterocycles. The van der Waals surface area contributed by atoms with Crippen molar-refractivity contribution in [2.75, 3.05) is 13.6 Å². The largest absolute Gasteiger partial charge is 0.490 e. The van der Waals surface area contributed by atoms with E-state index in [9.17, 15) is 0 Å². The first-order valence-electron chi connectivity index (χ1n) is 6.04. The van der Waals surface area contributed by atoms with Gasteiger partial charge in [-0.05, 0) is 26.4 Å². The molecule has 1 aromatic rings. The molecule has 18 heavy (non-hydrogen) atoms. The molecule has 0 radical (unpaired) electrons. The molecule has 2 nitrogen and oxygen atoms in total. The van der Waals surface area contributed by atoms with E-state index in [2.05, 4.69) is 12.2 Å². The van der Waals surface area contributed by atoms with Gasteiger partial charge in [-0.3, -0.25) is 0 Å². The van der Waals surface area contributed by atoms with Crippen molar-refractivity contribution in [3.8, 4) is 5.75 Å². The van der Waals surface area contributed by atoms with Gasteiger partial charge >= 0.3 is 0 Å². The summed E-state index contributed by atoms with van der Waals surface area (Å²) in [6.45, 7) is 3.05. The van der Waals surface area contributed by atoms with Gasteiger partial charge < -0.3 is 10.1 Å². The lowest BCUT2D eigenvalue weighted by atomic mass is 10.1. The molecule has 0 bridgehead atoms. The average molecular weight is 311 g/mol. The zero-order valence-electron chi connectivity index (χ0n) is 10.6. The summed E-state index contributed by atoms with van der Waals surface area (Å²) in [5.74, 6) is 0.670. The maximum Gasteiger partial charge on any atom is 0.122 e. The topological polar surface area (TPSA) is 21.3 Å². The molecule has 1 aromatic carbocycles. The van der Waals surface area contributed by atoms with Gasteiger partial charge in [-0.2, -0.15) is 0 Å². The predicted molar refractivity (Wildman–Crippen MR) is 79.3 cm³/mol. The van der Waals surface area contributed by atoms with Crippen molar-refractivity contribution in [2.45, 2.75) is 32.3 Å². The summed E-state index contributed by atoms with van der Waals surface area (Å²) in [6, 6.07) is 3.41. The highest BCUT2D eigenvalue weighted by Gasteiger charge is 2.12. The maximum atomic E-state index is 5.98. The van der Waals surface area contributed by atoms with E-state index >= 15 is 0 Å². The third-order valence-corrected chi connectivity index (χ3v) is 3.78. The van der Waals surface area contributed by atoms with Crippen LogP contribution >= 0.6 is 34.8 Å². The number of ether oxygens (including phenoxy) is 1. The molecule has 0 aliphatic carbocycles. The Balaban J connectivity index is 2.73. The SMILES string of the molecule is CCC[C@@H](CCNC)Oc1cc(Cl)c(Cl)c(Cl)c1. The summed E-state index contributed by atoms with van der Waals surface area (Å²) in [7, 11) is 1.93. The summed E-state index contributed by atoms with van der Waals surface area (Å²) in [4.78, 5) is 0. The molecule has 1 rings (SSSR count). The van der Waals surface area contributed by atoms with Crippen LogP contribution in [0.1, 0.15) is 26.2 Å². The molecule has 0 aliphatic heterocycles. The molecule has 0 aromatic heterocycles. The van der Waals surface area contributed by atoms with Crippen LogP contribution in [-0.2, 0) is 0 Å². The molecule has 0 unspecified atom stereocenters. The fraction of sp³-hybridized carbons (Fsp3) is 0.538. The molecule has 0 aliphatic rings. The minimum absolute atomic E-state index is 0.163. The standard InChI is InChI=1S/C13H18Cl3NO/c1-3-4-9(5-6-17-2)18-10-7-11(14)13(16)12(15)8-10/h7-9,17H,3-6H2,1-2H3/t9-/m0/s1. The van der Waals surface area contributed by atoms with E-state index < -0.39 is 0 Å². The van der Waals surface area contributed by atoms with Crippen LogP contribution in [0.3, 0.4) is 0 Å². The van der Waals surface area contributed by atoms with E-state index in [1.165, 1.54) is 0 Å². The summed E-state index contributed by atoms with van der Waals surface area (Å²) in [5.41, 5.74) is 0. The fourth-order valence-electron chi connectivity index (χ4n) is 1.68. The average Bonchev–Trinajstić information content (AvgIpc) is 2.33. The van der Waals surface area contributed by atoms with Crippen LogP contribution in [0, 0.1) is 0 Å². The van der Waals surface area contributed by atoms with Gasteiger partial charge in [-0.25, -0.2) is 0 Å². The molecule has 102 valence electrons. The van der Waals surface area contributed by atoms with Crippen LogP contribution < -0.4 is 10.1 Å². The second kappa shape index (κ2) is 8.11. The van der Waals surface area contributed by atoms with Gasteiger partial charge in [0.1, 0.15) is 5.75 Å². The van der Waals surface area contributed by atoms with Crippen LogP contribution in [0.2, 0.25) is 15.1 Å². The monoisotopic (exact) mass is 309 g/mol. The van der Waals surface area contributed by atoms with E-state index in [4.69, 9.17) is 39.5 Å². The van der Waals surface area contributed by atoms with E-state index in [0.29, 0.717) is 20.8 Å². The Morgan fingerprint density at radius 1 is 1.17 bits per heavy atom. The number of hydrogen-bond acceptors (Lipinski definition) is 2. The zero-order chi connectivity index (χ0) is 13.5. The molecule has 0 amide bonds. The number of benzene rings is 1. The van der Waals surface area contributed by atoms with E-state index in [0.717, 1.165) is 25.8 Å². The van der Waals surface area contributed by atoms with Crippen LogP contribution in [-0.4, -0.2) is 19.7 Å². The quantitative estimate of drug-likeness (QED) is 0.730. The van der Waals surface area contributed by atoms with Gasteiger partial charge in [-0.1, -0.05) is 48.1 Å². The van der Waals surface area contributed by atoms with E-state index in [1.54, 1.807) is 12.1 Å².